The number of halogens is 1. The summed E-state index contributed by atoms with van der Waals surface area (Å²) in [5.41, 5.74) is 1.06. The van der Waals surface area contributed by atoms with E-state index in [-0.39, 0.29) is 30.0 Å². The molecule has 0 saturated carbocycles. The summed E-state index contributed by atoms with van der Waals surface area (Å²) in [4.78, 5) is 17.0. The maximum absolute atomic E-state index is 13.3. The van der Waals surface area contributed by atoms with Crippen molar-refractivity contribution in [3.63, 3.8) is 0 Å². The van der Waals surface area contributed by atoms with Gasteiger partial charge >= 0.3 is 0 Å². The Kier molecular flexibility index (Phi) is 6.62. The van der Waals surface area contributed by atoms with E-state index in [0.29, 0.717) is 13.1 Å². The number of rotatable bonds is 6. The van der Waals surface area contributed by atoms with E-state index in [2.05, 4.69) is 15.1 Å². The van der Waals surface area contributed by atoms with E-state index in [0.717, 1.165) is 31.7 Å². The molecule has 2 aliphatic heterocycles. The van der Waals surface area contributed by atoms with Crippen LogP contribution < -0.4 is 5.32 Å². The maximum atomic E-state index is 13.3. The zero-order valence-corrected chi connectivity index (χ0v) is 15.8. The Morgan fingerprint density at radius 1 is 1.19 bits per heavy atom. The Balaban J connectivity index is 1.56. The number of nitrogens with zero attached hydrogens (tertiary/aromatic N) is 2. The molecule has 0 bridgehead atoms. The number of morpholine rings is 1. The average Bonchev–Trinajstić information content (AvgIpc) is 3.10. The molecule has 5 nitrogen and oxygen atoms in total. The number of ether oxygens (including phenoxy) is 1. The lowest BCUT2D eigenvalue weighted by Crippen LogP contribution is -2.49. The molecule has 144 valence electrons. The molecular formula is C20H30FN3O2. The number of hydrogen-bond acceptors (Lipinski definition) is 4. The van der Waals surface area contributed by atoms with E-state index in [1.54, 1.807) is 0 Å². The van der Waals surface area contributed by atoms with Gasteiger partial charge in [-0.25, -0.2) is 4.39 Å². The summed E-state index contributed by atoms with van der Waals surface area (Å²) in [6.07, 6.45) is 2.66. The van der Waals surface area contributed by atoms with Crippen molar-refractivity contribution in [2.75, 3.05) is 39.3 Å². The Bertz CT molecular complexity index is 579. The molecule has 6 heteroatoms. The molecule has 1 amide bonds. The lowest BCUT2D eigenvalue weighted by atomic mass is 10.1. The average molecular weight is 363 g/mol. The van der Waals surface area contributed by atoms with Crippen LogP contribution in [0.15, 0.2) is 24.3 Å². The van der Waals surface area contributed by atoms with E-state index in [1.807, 2.05) is 26.0 Å². The van der Waals surface area contributed by atoms with Crippen LogP contribution in [0, 0.1) is 5.82 Å². The predicted molar refractivity (Wildman–Crippen MR) is 99.4 cm³/mol. The van der Waals surface area contributed by atoms with Crippen LogP contribution in [-0.4, -0.2) is 67.2 Å². The molecular weight excluding hydrogens is 333 g/mol. The van der Waals surface area contributed by atoms with E-state index < -0.39 is 0 Å². The zero-order chi connectivity index (χ0) is 18.5. The second kappa shape index (κ2) is 8.93. The molecule has 0 aliphatic carbocycles. The largest absolute Gasteiger partial charge is 0.373 e. The fourth-order valence-corrected chi connectivity index (χ4v) is 4.08. The number of amides is 1. The Morgan fingerprint density at radius 2 is 1.81 bits per heavy atom. The van der Waals surface area contributed by atoms with Crippen LogP contribution in [0.3, 0.4) is 0 Å². The van der Waals surface area contributed by atoms with Gasteiger partial charge in [0.1, 0.15) is 5.82 Å². The third-order valence-electron chi connectivity index (χ3n) is 5.19. The highest BCUT2D eigenvalue weighted by molar-refractivity contribution is 5.78. The summed E-state index contributed by atoms with van der Waals surface area (Å²) in [5.74, 6) is -0.189. The van der Waals surface area contributed by atoms with Crippen molar-refractivity contribution < 1.29 is 13.9 Å². The smallest absolute Gasteiger partial charge is 0.234 e. The van der Waals surface area contributed by atoms with Gasteiger partial charge in [-0.05, 0) is 57.5 Å². The molecule has 1 aromatic rings. The van der Waals surface area contributed by atoms with Crippen molar-refractivity contribution in [3.05, 3.63) is 35.6 Å². The molecule has 0 spiro atoms. The minimum Gasteiger partial charge on any atom is -0.373 e. The Labute approximate surface area is 155 Å². The van der Waals surface area contributed by atoms with Crippen LogP contribution in [0.1, 0.15) is 38.3 Å². The van der Waals surface area contributed by atoms with Crippen LogP contribution in [0.2, 0.25) is 0 Å². The summed E-state index contributed by atoms with van der Waals surface area (Å²) in [5, 5.41) is 3.09. The molecule has 1 aromatic carbocycles. The molecule has 1 N–H and O–H groups in total. The fourth-order valence-electron chi connectivity index (χ4n) is 4.08. The van der Waals surface area contributed by atoms with Crippen LogP contribution >= 0.6 is 0 Å². The van der Waals surface area contributed by atoms with E-state index in [4.69, 9.17) is 4.74 Å². The zero-order valence-electron chi connectivity index (χ0n) is 15.8. The van der Waals surface area contributed by atoms with Gasteiger partial charge in [-0.3, -0.25) is 14.6 Å². The lowest BCUT2D eigenvalue weighted by molar-refractivity contribution is -0.126. The number of nitrogens with one attached hydrogen (secondary N) is 1. The third kappa shape index (κ3) is 5.25. The molecule has 2 heterocycles. The molecule has 2 aliphatic rings. The van der Waals surface area contributed by atoms with Gasteiger partial charge in [0.2, 0.25) is 5.91 Å². The monoisotopic (exact) mass is 363 g/mol. The van der Waals surface area contributed by atoms with Gasteiger partial charge in [0.15, 0.2) is 0 Å². The van der Waals surface area contributed by atoms with Crippen molar-refractivity contribution in [2.45, 2.75) is 44.9 Å². The van der Waals surface area contributed by atoms with Crippen molar-refractivity contribution >= 4 is 5.91 Å². The predicted octanol–water partition coefficient (Wildman–Crippen LogP) is 2.19. The SMILES string of the molecule is C[C@@H]1CN(CC(=O)NC[C@H](c2ccc(F)cc2)N2CCCC2)C[C@@H](C)O1. The van der Waals surface area contributed by atoms with E-state index in [9.17, 15) is 9.18 Å². The topological polar surface area (TPSA) is 44.8 Å². The highest BCUT2D eigenvalue weighted by Crippen LogP contribution is 2.24. The van der Waals surface area contributed by atoms with Gasteiger partial charge in [0.05, 0.1) is 24.8 Å². The molecule has 3 atom stereocenters. The lowest BCUT2D eigenvalue weighted by Gasteiger charge is -2.35. The first-order valence-corrected chi connectivity index (χ1v) is 9.65. The summed E-state index contributed by atoms with van der Waals surface area (Å²) < 4.78 is 19.0. The first-order valence-electron chi connectivity index (χ1n) is 9.65. The summed E-state index contributed by atoms with van der Waals surface area (Å²) in [7, 11) is 0. The highest BCUT2D eigenvalue weighted by Gasteiger charge is 2.26. The van der Waals surface area contributed by atoms with Gasteiger partial charge < -0.3 is 10.1 Å². The van der Waals surface area contributed by atoms with Gasteiger partial charge in [-0.1, -0.05) is 12.1 Å². The molecule has 26 heavy (non-hydrogen) atoms. The quantitative estimate of drug-likeness (QED) is 0.842. The Morgan fingerprint density at radius 3 is 2.42 bits per heavy atom. The van der Waals surface area contributed by atoms with E-state index in [1.165, 1.54) is 25.0 Å². The van der Waals surface area contributed by atoms with Gasteiger partial charge in [-0.15, -0.1) is 0 Å². The fraction of sp³-hybridized carbons (Fsp3) is 0.650. The van der Waals surface area contributed by atoms with Crippen LogP contribution in [0.25, 0.3) is 0 Å². The second-order valence-electron chi connectivity index (χ2n) is 7.57. The minimum atomic E-state index is -0.228. The van der Waals surface area contributed by atoms with Crippen molar-refractivity contribution in [1.82, 2.24) is 15.1 Å². The normalized spacial score (nSPS) is 26.0. The highest BCUT2D eigenvalue weighted by atomic mass is 19.1. The number of carbonyl (C=O) groups is 1. The molecule has 0 aromatic heterocycles. The standard InChI is InChI=1S/C20H30FN3O2/c1-15-12-23(13-16(2)26-15)14-20(25)22-11-19(24-9-3-4-10-24)17-5-7-18(21)8-6-17/h5-8,15-16,19H,3-4,9-14H2,1-2H3,(H,22,25)/t15-,16-,19-/m1/s1. The van der Waals surface area contributed by atoms with Gasteiger partial charge in [0.25, 0.3) is 0 Å². The summed E-state index contributed by atoms with van der Waals surface area (Å²) >= 11 is 0. The minimum absolute atomic E-state index is 0.0395. The van der Waals surface area contributed by atoms with Crippen molar-refractivity contribution in [1.29, 1.82) is 0 Å². The van der Waals surface area contributed by atoms with Gasteiger partial charge in [-0.2, -0.15) is 0 Å². The van der Waals surface area contributed by atoms with E-state index >= 15 is 0 Å². The molecule has 2 saturated heterocycles. The number of carbonyl (C=O) groups excluding carboxylic acids is 1. The Hall–Kier alpha value is -1.50. The molecule has 2 fully saturated rings. The first-order chi connectivity index (χ1) is 12.5. The number of hydrogen-bond donors (Lipinski definition) is 1. The maximum Gasteiger partial charge on any atom is 0.234 e. The molecule has 3 rings (SSSR count). The summed E-state index contributed by atoms with van der Waals surface area (Å²) in [6.45, 7) is 8.65. The van der Waals surface area contributed by atoms with Crippen molar-refractivity contribution in [2.24, 2.45) is 0 Å². The molecule has 0 unspecified atom stereocenters. The number of benzene rings is 1. The first kappa shape index (κ1) is 19.3. The summed E-state index contributed by atoms with van der Waals surface area (Å²) in [6, 6.07) is 6.75. The third-order valence-corrected chi connectivity index (χ3v) is 5.19. The van der Waals surface area contributed by atoms with Crippen LogP contribution in [0.5, 0.6) is 0 Å². The van der Waals surface area contributed by atoms with Crippen molar-refractivity contribution in [3.8, 4) is 0 Å². The second-order valence-corrected chi connectivity index (χ2v) is 7.57. The van der Waals surface area contributed by atoms with Crippen LogP contribution in [-0.2, 0) is 9.53 Å². The van der Waals surface area contributed by atoms with Gasteiger partial charge in [0, 0.05) is 19.6 Å². The van der Waals surface area contributed by atoms with Crippen LogP contribution in [0.4, 0.5) is 4.39 Å². The molecule has 0 radical (unpaired) electrons. The number of likely N-dealkylation sites (tertiary alicyclic amines) is 1.